The molecule has 0 aliphatic carbocycles. The summed E-state index contributed by atoms with van der Waals surface area (Å²) in [5, 5.41) is 3.17. The van der Waals surface area contributed by atoms with Crippen molar-refractivity contribution < 1.29 is 19.0 Å². The van der Waals surface area contributed by atoms with Crippen LogP contribution in [0.1, 0.15) is 22.1 Å². The largest absolute Gasteiger partial charge is 0.493 e. The van der Waals surface area contributed by atoms with Crippen molar-refractivity contribution in [2.75, 3.05) is 14.2 Å². The molecule has 0 saturated heterocycles. The first-order valence-electron chi connectivity index (χ1n) is 6.62. The lowest BCUT2D eigenvalue weighted by atomic mass is 10.1. The smallest absolute Gasteiger partial charge is 0.258 e. The lowest BCUT2D eigenvalue weighted by Crippen LogP contribution is -2.36. The minimum absolute atomic E-state index is 0.197. The molecule has 1 aliphatic rings. The topological polar surface area (TPSA) is 56.8 Å². The van der Waals surface area contributed by atoms with Gasteiger partial charge >= 0.3 is 0 Å². The van der Waals surface area contributed by atoms with Gasteiger partial charge in [0.25, 0.3) is 5.91 Å². The highest BCUT2D eigenvalue weighted by Crippen LogP contribution is 2.39. The standard InChI is InChI=1S/C16H14ClNO4/c1-20-13-8-9(7-11(17)14(13)21-2)16-18-15(19)10-5-3-4-6-12(10)22-16/h3-8,16H,1-2H3,(H,18,19)/t16-/m0/s1. The van der Waals surface area contributed by atoms with Gasteiger partial charge in [0.05, 0.1) is 24.8 Å². The molecule has 114 valence electrons. The average Bonchev–Trinajstić information content (AvgIpc) is 2.54. The molecule has 1 heterocycles. The summed E-state index contributed by atoms with van der Waals surface area (Å²) in [5.41, 5.74) is 1.18. The number of nitrogens with one attached hydrogen (secondary N) is 1. The van der Waals surface area contributed by atoms with Gasteiger partial charge in [0.1, 0.15) is 5.75 Å². The van der Waals surface area contributed by atoms with Gasteiger partial charge in [0.15, 0.2) is 17.7 Å². The van der Waals surface area contributed by atoms with Crippen molar-refractivity contribution in [1.29, 1.82) is 0 Å². The number of hydrogen-bond acceptors (Lipinski definition) is 4. The van der Waals surface area contributed by atoms with Gasteiger partial charge in [-0.25, -0.2) is 0 Å². The number of rotatable bonds is 3. The van der Waals surface area contributed by atoms with E-state index in [0.717, 1.165) is 0 Å². The van der Waals surface area contributed by atoms with Gasteiger partial charge in [0, 0.05) is 5.56 Å². The van der Waals surface area contributed by atoms with E-state index in [-0.39, 0.29) is 5.91 Å². The molecule has 3 rings (SSSR count). The number of hydrogen-bond donors (Lipinski definition) is 1. The molecular weight excluding hydrogens is 306 g/mol. The molecule has 0 saturated carbocycles. The fourth-order valence-corrected chi connectivity index (χ4v) is 2.65. The number of amides is 1. The first-order chi connectivity index (χ1) is 10.6. The van der Waals surface area contributed by atoms with Crippen LogP contribution in [0.15, 0.2) is 36.4 Å². The Morgan fingerprint density at radius 2 is 1.95 bits per heavy atom. The van der Waals surface area contributed by atoms with Crippen LogP contribution in [-0.2, 0) is 0 Å². The molecule has 0 fully saturated rings. The number of fused-ring (bicyclic) bond motifs is 1. The second kappa shape index (κ2) is 5.77. The molecule has 0 aromatic heterocycles. The van der Waals surface area contributed by atoms with Crippen molar-refractivity contribution in [3.05, 3.63) is 52.5 Å². The van der Waals surface area contributed by atoms with E-state index in [1.54, 1.807) is 30.3 Å². The van der Waals surface area contributed by atoms with Gasteiger partial charge in [-0.3, -0.25) is 4.79 Å². The fraction of sp³-hybridized carbons (Fsp3) is 0.188. The average molecular weight is 320 g/mol. The lowest BCUT2D eigenvalue weighted by Gasteiger charge is -2.27. The molecule has 0 spiro atoms. The molecule has 0 unspecified atom stereocenters. The van der Waals surface area contributed by atoms with Gasteiger partial charge in [0.2, 0.25) is 0 Å². The third kappa shape index (κ3) is 2.44. The van der Waals surface area contributed by atoms with E-state index in [1.165, 1.54) is 14.2 Å². The monoisotopic (exact) mass is 319 g/mol. The Labute approximate surface area is 132 Å². The molecule has 5 nitrogen and oxygen atoms in total. The lowest BCUT2D eigenvalue weighted by molar-refractivity contribution is 0.0755. The van der Waals surface area contributed by atoms with Gasteiger partial charge in [-0.15, -0.1) is 0 Å². The van der Waals surface area contributed by atoms with E-state index in [0.29, 0.717) is 33.4 Å². The maximum Gasteiger partial charge on any atom is 0.258 e. The van der Waals surface area contributed by atoms with Crippen molar-refractivity contribution >= 4 is 17.5 Å². The zero-order valence-corrected chi connectivity index (χ0v) is 12.8. The Balaban J connectivity index is 1.99. The highest BCUT2D eigenvalue weighted by Gasteiger charge is 2.27. The van der Waals surface area contributed by atoms with Crippen molar-refractivity contribution in [2.24, 2.45) is 0 Å². The van der Waals surface area contributed by atoms with Gasteiger partial charge in [-0.2, -0.15) is 0 Å². The van der Waals surface area contributed by atoms with Crippen LogP contribution in [0.25, 0.3) is 0 Å². The highest BCUT2D eigenvalue weighted by atomic mass is 35.5. The van der Waals surface area contributed by atoms with E-state index in [9.17, 15) is 4.79 Å². The number of ether oxygens (including phenoxy) is 3. The molecule has 2 aromatic rings. The number of halogens is 1. The molecule has 6 heteroatoms. The first-order valence-corrected chi connectivity index (χ1v) is 7.00. The van der Waals surface area contributed by atoms with Crippen LogP contribution in [-0.4, -0.2) is 20.1 Å². The van der Waals surface area contributed by atoms with Gasteiger partial charge in [-0.1, -0.05) is 23.7 Å². The molecule has 0 radical (unpaired) electrons. The van der Waals surface area contributed by atoms with Crippen molar-refractivity contribution in [1.82, 2.24) is 5.32 Å². The Bertz CT molecular complexity index is 732. The summed E-state index contributed by atoms with van der Waals surface area (Å²) in [6, 6.07) is 10.5. The predicted octanol–water partition coefficient (Wildman–Crippen LogP) is 3.18. The van der Waals surface area contributed by atoms with E-state index >= 15 is 0 Å². The zero-order chi connectivity index (χ0) is 15.7. The van der Waals surface area contributed by atoms with Crippen molar-refractivity contribution in [3.63, 3.8) is 0 Å². The van der Waals surface area contributed by atoms with E-state index in [1.807, 2.05) is 6.07 Å². The van der Waals surface area contributed by atoms with Crippen LogP contribution >= 0.6 is 11.6 Å². The second-order valence-electron chi connectivity index (χ2n) is 4.71. The van der Waals surface area contributed by atoms with E-state index < -0.39 is 6.23 Å². The van der Waals surface area contributed by atoms with Crippen LogP contribution in [0, 0.1) is 0 Å². The Morgan fingerprint density at radius 1 is 1.18 bits per heavy atom. The van der Waals surface area contributed by atoms with Gasteiger partial charge in [-0.05, 0) is 24.3 Å². The van der Waals surface area contributed by atoms with Crippen LogP contribution in [0.4, 0.5) is 0 Å². The third-order valence-electron chi connectivity index (χ3n) is 3.40. The number of carbonyl (C=O) groups excluding carboxylic acids is 1. The van der Waals surface area contributed by atoms with Gasteiger partial charge < -0.3 is 19.5 Å². The third-order valence-corrected chi connectivity index (χ3v) is 3.68. The summed E-state index contributed by atoms with van der Waals surface area (Å²) >= 11 is 6.20. The zero-order valence-electron chi connectivity index (χ0n) is 12.1. The van der Waals surface area contributed by atoms with Crippen molar-refractivity contribution in [2.45, 2.75) is 6.23 Å². The minimum Gasteiger partial charge on any atom is -0.493 e. The van der Waals surface area contributed by atoms with E-state index in [4.69, 9.17) is 25.8 Å². The first kappa shape index (κ1) is 14.5. The van der Waals surface area contributed by atoms with Crippen LogP contribution in [0.3, 0.4) is 0 Å². The Kier molecular flexibility index (Phi) is 3.81. The maximum atomic E-state index is 12.2. The predicted molar refractivity (Wildman–Crippen MR) is 81.8 cm³/mol. The summed E-state index contributed by atoms with van der Waals surface area (Å²) in [6.07, 6.45) is -0.639. The van der Waals surface area contributed by atoms with Crippen molar-refractivity contribution in [3.8, 4) is 17.2 Å². The van der Waals surface area contributed by atoms with E-state index in [2.05, 4.69) is 5.32 Å². The fourth-order valence-electron chi connectivity index (χ4n) is 2.35. The van der Waals surface area contributed by atoms with Crippen LogP contribution in [0.5, 0.6) is 17.2 Å². The highest BCUT2D eigenvalue weighted by molar-refractivity contribution is 6.32. The number of methoxy groups -OCH3 is 2. The maximum absolute atomic E-state index is 12.2. The van der Waals surface area contributed by atoms with Crippen LogP contribution < -0.4 is 19.5 Å². The minimum atomic E-state index is -0.639. The second-order valence-corrected chi connectivity index (χ2v) is 5.11. The molecule has 22 heavy (non-hydrogen) atoms. The molecule has 1 atom stereocenters. The molecule has 1 aliphatic heterocycles. The number of para-hydroxylation sites is 1. The molecule has 1 amide bonds. The summed E-state index contributed by atoms with van der Waals surface area (Å²) in [7, 11) is 3.03. The molecule has 1 N–H and O–H groups in total. The molecule has 0 bridgehead atoms. The Hall–Kier alpha value is -2.40. The molecule has 2 aromatic carbocycles. The molecular formula is C16H14ClNO4. The summed E-state index contributed by atoms with van der Waals surface area (Å²) in [6.45, 7) is 0. The SMILES string of the molecule is COc1cc([C@H]2NC(=O)c3ccccc3O2)cc(Cl)c1OC. The normalized spacial score (nSPS) is 16.3. The summed E-state index contributed by atoms with van der Waals surface area (Å²) < 4.78 is 16.3. The number of carbonyl (C=O) groups is 1. The summed E-state index contributed by atoms with van der Waals surface area (Å²) in [5.74, 6) is 1.25. The Morgan fingerprint density at radius 3 is 2.68 bits per heavy atom. The number of benzene rings is 2. The van der Waals surface area contributed by atoms with Crippen LogP contribution in [0.2, 0.25) is 5.02 Å². The summed E-state index contributed by atoms with van der Waals surface area (Å²) in [4.78, 5) is 12.2. The quantitative estimate of drug-likeness (QED) is 0.944.